The van der Waals surface area contributed by atoms with Gasteiger partial charge in [0.15, 0.2) is 0 Å². The molecule has 2 aliphatic rings. The van der Waals surface area contributed by atoms with Crippen LogP contribution in [0.3, 0.4) is 0 Å². The molecule has 0 spiro atoms. The molecule has 1 aromatic carbocycles. The summed E-state index contributed by atoms with van der Waals surface area (Å²) in [4.78, 5) is 16.8. The van der Waals surface area contributed by atoms with Crippen molar-refractivity contribution < 1.29 is 4.79 Å². The van der Waals surface area contributed by atoms with Crippen LogP contribution in [0.5, 0.6) is 0 Å². The summed E-state index contributed by atoms with van der Waals surface area (Å²) in [7, 11) is 0. The van der Waals surface area contributed by atoms with Crippen LogP contribution in [0.4, 0.5) is 5.69 Å². The molecule has 1 amide bonds. The van der Waals surface area contributed by atoms with E-state index in [4.69, 9.17) is 0 Å². The zero-order valence-electron chi connectivity index (χ0n) is 17.1. The number of benzene rings is 1. The van der Waals surface area contributed by atoms with Crippen LogP contribution in [0.1, 0.15) is 44.0 Å². The highest BCUT2D eigenvalue weighted by atomic mass is 16.2. The van der Waals surface area contributed by atoms with Gasteiger partial charge in [-0.1, -0.05) is 44.2 Å². The first-order chi connectivity index (χ1) is 14.0. The average Bonchev–Trinajstić information content (AvgIpc) is 3.41. The second-order valence-electron chi connectivity index (χ2n) is 8.56. The summed E-state index contributed by atoms with van der Waals surface area (Å²) < 4.78 is 1.79. The molecule has 7 heteroatoms. The summed E-state index contributed by atoms with van der Waals surface area (Å²) in [6.07, 6.45) is 1.67. The Hall–Kier alpha value is -2.96. The van der Waals surface area contributed by atoms with Gasteiger partial charge in [0.2, 0.25) is 11.6 Å². The fourth-order valence-corrected chi connectivity index (χ4v) is 4.99. The van der Waals surface area contributed by atoms with Crippen molar-refractivity contribution in [2.45, 2.75) is 32.7 Å². The molecule has 0 aliphatic carbocycles. The summed E-state index contributed by atoms with van der Waals surface area (Å²) in [6, 6.07) is 12.7. The number of fused-ring (bicyclic) bond motifs is 2. The maximum absolute atomic E-state index is 12.4. The summed E-state index contributed by atoms with van der Waals surface area (Å²) >= 11 is 0. The quantitative estimate of drug-likeness (QED) is 0.688. The first kappa shape index (κ1) is 18.1. The van der Waals surface area contributed by atoms with Crippen molar-refractivity contribution in [3.05, 3.63) is 54.0 Å². The molecule has 150 valence electrons. The van der Waals surface area contributed by atoms with Crippen molar-refractivity contribution in [3.8, 4) is 0 Å². The predicted molar refractivity (Wildman–Crippen MR) is 111 cm³/mol. The molecule has 0 unspecified atom stereocenters. The van der Waals surface area contributed by atoms with Crippen molar-refractivity contribution in [1.29, 1.82) is 0 Å². The highest BCUT2D eigenvalue weighted by Crippen LogP contribution is 2.46. The molecule has 0 bridgehead atoms. The Labute approximate surface area is 170 Å². The van der Waals surface area contributed by atoms with E-state index in [0.717, 1.165) is 36.7 Å². The minimum atomic E-state index is 0.129. The Kier molecular flexibility index (Phi) is 4.26. The van der Waals surface area contributed by atoms with Gasteiger partial charge in [-0.05, 0) is 17.5 Å². The lowest BCUT2D eigenvalue weighted by molar-refractivity contribution is -0.130. The van der Waals surface area contributed by atoms with Crippen LogP contribution >= 0.6 is 0 Å². The molecule has 3 atom stereocenters. The summed E-state index contributed by atoms with van der Waals surface area (Å²) in [5.41, 5.74) is 4.16. The molecule has 0 radical (unpaired) electrons. The van der Waals surface area contributed by atoms with Crippen molar-refractivity contribution in [1.82, 2.24) is 24.7 Å². The van der Waals surface area contributed by atoms with E-state index in [0.29, 0.717) is 17.8 Å². The second-order valence-corrected chi connectivity index (χ2v) is 8.56. The Bertz CT molecular complexity index is 1050. The average molecular weight is 390 g/mol. The number of likely N-dealkylation sites (tertiary alicyclic amines) is 1. The lowest BCUT2D eigenvalue weighted by atomic mass is 9.89. The smallest absolute Gasteiger partial charge is 0.219 e. The van der Waals surface area contributed by atoms with Crippen LogP contribution in [0.15, 0.2) is 42.7 Å². The highest BCUT2D eigenvalue weighted by molar-refractivity contribution is 5.75. The summed E-state index contributed by atoms with van der Waals surface area (Å²) in [5.74, 6) is 1.33. The second kappa shape index (κ2) is 6.83. The number of hydrogen-bond donors (Lipinski definition) is 0. The van der Waals surface area contributed by atoms with Gasteiger partial charge in [0.05, 0.1) is 17.4 Å². The van der Waals surface area contributed by atoms with E-state index >= 15 is 0 Å². The molecule has 4 heterocycles. The summed E-state index contributed by atoms with van der Waals surface area (Å²) in [6.45, 7) is 8.61. The zero-order chi connectivity index (χ0) is 20.1. The van der Waals surface area contributed by atoms with Crippen molar-refractivity contribution in [3.63, 3.8) is 0 Å². The number of carbonyl (C=O) groups excluding carboxylic acids is 1. The van der Waals surface area contributed by atoms with Crippen molar-refractivity contribution in [2.75, 3.05) is 24.5 Å². The Morgan fingerprint density at radius 3 is 2.66 bits per heavy atom. The minimum Gasteiger partial charge on any atom is -0.368 e. The molecule has 0 N–H and O–H groups in total. The van der Waals surface area contributed by atoms with Crippen LogP contribution < -0.4 is 4.90 Å². The third-order valence-corrected chi connectivity index (χ3v) is 6.41. The highest BCUT2D eigenvalue weighted by Gasteiger charge is 2.48. The van der Waals surface area contributed by atoms with E-state index in [1.165, 1.54) is 5.56 Å². The molecular formula is C22H26N6O. The van der Waals surface area contributed by atoms with E-state index in [9.17, 15) is 4.79 Å². The number of rotatable bonds is 3. The first-order valence-corrected chi connectivity index (χ1v) is 10.3. The van der Waals surface area contributed by atoms with Crippen LogP contribution in [-0.4, -0.2) is 50.3 Å². The minimum absolute atomic E-state index is 0.129. The third-order valence-electron chi connectivity index (χ3n) is 6.41. The van der Waals surface area contributed by atoms with Crippen molar-refractivity contribution in [2.24, 2.45) is 11.8 Å². The van der Waals surface area contributed by atoms with Crippen LogP contribution in [-0.2, 0) is 4.79 Å². The predicted octanol–water partition coefficient (Wildman–Crippen LogP) is 2.90. The molecule has 2 aromatic heterocycles. The summed E-state index contributed by atoms with van der Waals surface area (Å²) in [5, 5.41) is 13.0. The van der Waals surface area contributed by atoms with Gasteiger partial charge in [-0.25, -0.2) is 0 Å². The fraction of sp³-hybridized carbons (Fsp3) is 0.455. The van der Waals surface area contributed by atoms with Gasteiger partial charge >= 0.3 is 0 Å². The lowest BCUT2D eigenvalue weighted by Crippen LogP contribution is -2.34. The van der Waals surface area contributed by atoms with Gasteiger partial charge in [0.25, 0.3) is 0 Å². The molecule has 29 heavy (non-hydrogen) atoms. The van der Waals surface area contributed by atoms with Crippen LogP contribution in [0, 0.1) is 11.8 Å². The van der Waals surface area contributed by atoms with E-state index in [2.05, 4.69) is 69.3 Å². The lowest BCUT2D eigenvalue weighted by Gasteiger charge is -2.30. The van der Waals surface area contributed by atoms with E-state index in [1.807, 2.05) is 6.07 Å². The molecule has 2 aliphatic heterocycles. The van der Waals surface area contributed by atoms with Crippen molar-refractivity contribution >= 4 is 17.2 Å². The monoisotopic (exact) mass is 390 g/mol. The molecular weight excluding hydrogens is 364 g/mol. The third kappa shape index (κ3) is 2.96. The Morgan fingerprint density at radius 1 is 1.14 bits per heavy atom. The molecule has 2 fully saturated rings. The first-order valence-electron chi connectivity index (χ1n) is 10.3. The van der Waals surface area contributed by atoms with Gasteiger partial charge in [0, 0.05) is 38.4 Å². The Morgan fingerprint density at radius 2 is 1.93 bits per heavy atom. The molecule has 0 saturated carbocycles. The van der Waals surface area contributed by atoms with E-state index in [-0.39, 0.29) is 11.9 Å². The molecule has 3 aromatic rings. The topological polar surface area (TPSA) is 66.6 Å². The van der Waals surface area contributed by atoms with Gasteiger partial charge in [-0.3, -0.25) is 4.79 Å². The number of anilines is 1. The Balaban J connectivity index is 1.51. The molecule has 2 saturated heterocycles. The maximum atomic E-state index is 12.4. The fourth-order valence-electron chi connectivity index (χ4n) is 4.99. The van der Waals surface area contributed by atoms with Crippen LogP contribution in [0.2, 0.25) is 0 Å². The molecule has 7 nitrogen and oxygen atoms in total. The largest absolute Gasteiger partial charge is 0.368 e. The van der Waals surface area contributed by atoms with Gasteiger partial charge in [-0.15, -0.1) is 10.2 Å². The standard InChI is InChI=1S/C22H26N6O/c1-14(2)19-9-20(22-24-23-13-28(22)25-19)26-10-17-11-27(15(3)29)21(18(17)12-26)16-7-5-4-6-8-16/h4-9,13-14,17-18,21H,10-12H2,1-3H3/t17-,18-,21-/m1/s1. The van der Waals surface area contributed by atoms with E-state index in [1.54, 1.807) is 17.8 Å². The number of carbonyl (C=O) groups is 1. The number of amides is 1. The van der Waals surface area contributed by atoms with Crippen LogP contribution in [0.25, 0.3) is 5.65 Å². The number of hydrogen-bond acceptors (Lipinski definition) is 5. The van der Waals surface area contributed by atoms with Gasteiger partial charge in [-0.2, -0.15) is 9.61 Å². The van der Waals surface area contributed by atoms with E-state index < -0.39 is 0 Å². The molecule has 5 rings (SSSR count). The maximum Gasteiger partial charge on any atom is 0.219 e. The normalized spacial score (nSPS) is 23.9. The SMILES string of the molecule is CC(=O)N1C[C@H]2CN(c3cc(C(C)C)nn4cnnc34)C[C@H]2[C@H]1c1ccccc1. The number of aromatic nitrogens is 4. The van der Waals surface area contributed by atoms with Gasteiger partial charge < -0.3 is 9.80 Å². The number of nitrogens with zero attached hydrogens (tertiary/aromatic N) is 6. The van der Waals surface area contributed by atoms with Gasteiger partial charge in [0.1, 0.15) is 6.33 Å². The zero-order valence-corrected chi connectivity index (χ0v) is 17.1.